The Labute approximate surface area is 111 Å². The van der Waals surface area contributed by atoms with E-state index < -0.39 is 0 Å². The van der Waals surface area contributed by atoms with Crippen LogP contribution in [0.3, 0.4) is 0 Å². The van der Waals surface area contributed by atoms with Gasteiger partial charge in [-0.15, -0.1) is 0 Å². The van der Waals surface area contributed by atoms with Gasteiger partial charge in [-0.05, 0) is 44.2 Å². The zero-order valence-electron chi connectivity index (χ0n) is 12.8. The van der Waals surface area contributed by atoms with Crippen molar-refractivity contribution in [3.63, 3.8) is 0 Å². The zero-order chi connectivity index (χ0) is 13.1. The van der Waals surface area contributed by atoms with Crippen molar-refractivity contribution in [2.45, 2.75) is 46.5 Å². The van der Waals surface area contributed by atoms with Crippen molar-refractivity contribution in [1.29, 1.82) is 0 Å². The van der Waals surface area contributed by atoms with Gasteiger partial charge < -0.3 is 4.90 Å². The molecule has 0 spiro atoms. The number of rotatable bonds is 3. The van der Waals surface area contributed by atoms with Gasteiger partial charge >= 0.3 is 0 Å². The normalized spacial score (nSPS) is 15.8. The van der Waals surface area contributed by atoms with E-state index in [1.54, 1.807) is 0 Å². The van der Waals surface area contributed by atoms with Crippen molar-refractivity contribution in [2.75, 3.05) is 18.0 Å². The number of nitrogens with zero attached hydrogens (tertiary/aromatic N) is 1. The van der Waals surface area contributed by atoms with Crippen molar-refractivity contribution in [2.24, 2.45) is 0 Å². The van der Waals surface area contributed by atoms with Crippen LogP contribution in [0.1, 0.15) is 55.5 Å². The number of carbonyl (C=O) groups is 1. The lowest BCUT2D eigenvalue weighted by Gasteiger charge is -2.32. The second-order valence-corrected chi connectivity index (χ2v) is 5.23. The standard InChI is InChI=1S/C16H23NO.H/c1-4-15(18)14-9-8-12(2)16(13(14)3)17-10-6-5-7-11-17;/h8-9H,4-7,10-11H2,1-3H3;/i;1+1. The van der Waals surface area contributed by atoms with E-state index in [-0.39, 0.29) is 7.21 Å². The van der Waals surface area contributed by atoms with Gasteiger partial charge in [0.1, 0.15) is 0 Å². The molecule has 1 aliphatic rings. The molecular formula is C16H24NO. The molecule has 1 saturated heterocycles. The molecule has 18 heavy (non-hydrogen) atoms. The Hall–Kier alpha value is -1.31. The Morgan fingerprint density at radius 1 is 1.22 bits per heavy atom. The molecule has 1 aliphatic heterocycles. The third-order valence-electron chi connectivity index (χ3n) is 3.93. The van der Waals surface area contributed by atoms with Crippen molar-refractivity contribution in [3.8, 4) is 0 Å². The molecule has 1 aromatic rings. The second-order valence-electron chi connectivity index (χ2n) is 5.23. The monoisotopic (exact) mass is 247 g/mol. The SMILES string of the molecule is CCC(=O)c1ccc(C)c(N2CCCCC2)c1C.[2H]. The smallest absolute Gasteiger partial charge is 0.162 e. The summed E-state index contributed by atoms with van der Waals surface area (Å²) < 4.78 is 0. The topological polar surface area (TPSA) is 20.3 Å². The fraction of sp³-hybridized carbons (Fsp3) is 0.562. The van der Waals surface area contributed by atoms with Gasteiger partial charge in [-0.2, -0.15) is 0 Å². The van der Waals surface area contributed by atoms with Gasteiger partial charge in [0, 0.05) is 32.2 Å². The van der Waals surface area contributed by atoms with Crippen molar-refractivity contribution in [1.82, 2.24) is 0 Å². The number of hydrogen-bond donors (Lipinski definition) is 0. The van der Waals surface area contributed by atoms with Crippen LogP contribution in [0.25, 0.3) is 0 Å². The molecule has 0 aliphatic carbocycles. The van der Waals surface area contributed by atoms with Crippen LogP contribution in [-0.2, 0) is 0 Å². The highest BCUT2D eigenvalue weighted by Crippen LogP contribution is 2.30. The minimum Gasteiger partial charge on any atom is -0.371 e. The van der Waals surface area contributed by atoms with Crippen LogP contribution >= 0.6 is 0 Å². The predicted molar refractivity (Wildman–Crippen MR) is 77.7 cm³/mol. The summed E-state index contributed by atoms with van der Waals surface area (Å²) in [5.74, 6) is 0.255. The average molecular weight is 247 g/mol. The van der Waals surface area contributed by atoms with Gasteiger partial charge in [0.25, 0.3) is 0 Å². The Morgan fingerprint density at radius 2 is 1.89 bits per heavy atom. The molecule has 2 rings (SSSR count). The minimum atomic E-state index is 0. The molecule has 0 amide bonds. The first kappa shape index (κ1) is 13.1. The number of anilines is 1. The van der Waals surface area contributed by atoms with E-state index in [2.05, 4.69) is 24.8 Å². The number of benzene rings is 1. The van der Waals surface area contributed by atoms with E-state index in [1.165, 1.54) is 36.1 Å². The summed E-state index contributed by atoms with van der Waals surface area (Å²) in [6.07, 6.45) is 4.46. The number of carbonyl (C=O) groups excluding carboxylic acids is 1. The lowest BCUT2D eigenvalue weighted by atomic mass is 9.96. The maximum atomic E-state index is 12.0. The van der Waals surface area contributed by atoms with E-state index in [0.717, 1.165) is 18.7 Å². The Balaban J connectivity index is 0.00000180. The van der Waals surface area contributed by atoms with E-state index in [0.29, 0.717) is 6.42 Å². The fourth-order valence-electron chi connectivity index (χ4n) is 2.93. The fourth-order valence-corrected chi connectivity index (χ4v) is 2.93. The largest absolute Gasteiger partial charge is 0.371 e. The molecule has 0 bridgehead atoms. The van der Waals surface area contributed by atoms with Crippen molar-refractivity contribution < 1.29 is 6.22 Å². The van der Waals surface area contributed by atoms with Crippen LogP contribution in [0.2, 0.25) is 0 Å². The first-order valence-electron chi connectivity index (χ1n) is 7.03. The molecule has 99 valence electrons. The van der Waals surface area contributed by atoms with Crippen LogP contribution in [0.15, 0.2) is 12.1 Å². The average Bonchev–Trinajstić information content (AvgIpc) is 2.39. The highest BCUT2D eigenvalue weighted by molar-refractivity contribution is 5.98. The van der Waals surface area contributed by atoms with Gasteiger partial charge in [0.2, 0.25) is 0 Å². The molecule has 0 saturated carbocycles. The lowest BCUT2D eigenvalue weighted by Crippen LogP contribution is -2.31. The molecule has 1 radical (unpaired) electrons. The quantitative estimate of drug-likeness (QED) is 0.752. The Bertz CT molecular complexity index is 450. The third-order valence-corrected chi connectivity index (χ3v) is 3.93. The van der Waals surface area contributed by atoms with Crippen LogP contribution in [0.4, 0.5) is 5.69 Å². The number of hydrogen-bond acceptors (Lipinski definition) is 2. The highest BCUT2D eigenvalue weighted by Gasteiger charge is 2.18. The summed E-state index contributed by atoms with van der Waals surface area (Å²) in [4.78, 5) is 14.4. The van der Waals surface area contributed by atoms with Crippen molar-refractivity contribution in [3.05, 3.63) is 28.8 Å². The molecule has 0 atom stereocenters. The molecular weight excluding hydrogens is 222 g/mol. The summed E-state index contributed by atoms with van der Waals surface area (Å²) in [6, 6.07) is 4.09. The highest BCUT2D eigenvalue weighted by atomic mass is 16.1. The molecule has 0 unspecified atom stereocenters. The van der Waals surface area contributed by atoms with Crippen LogP contribution in [0, 0.1) is 13.8 Å². The predicted octanol–water partition coefficient (Wildman–Crippen LogP) is 4.00. The molecule has 2 heteroatoms. The number of ketones is 1. The van der Waals surface area contributed by atoms with E-state index in [1.807, 2.05) is 13.0 Å². The molecule has 1 heterocycles. The lowest BCUT2D eigenvalue weighted by molar-refractivity contribution is 0.0987. The Morgan fingerprint density at radius 3 is 2.50 bits per heavy atom. The molecule has 1 fully saturated rings. The summed E-state index contributed by atoms with van der Waals surface area (Å²) in [6.45, 7) is 8.44. The summed E-state index contributed by atoms with van der Waals surface area (Å²) in [5.41, 5.74) is 4.67. The third kappa shape index (κ3) is 2.43. The van der Waals surface area contributed by atoms with Gasteiger partial charge in [-0.3, -0.25) is 4.79 Å². The molecule has 2 nitrogen and oxygen atoms in total. The number of Topliss-reactive ketones (excluding diaryl/α,β-unsaturated/α-hetero) is 1. The van der Waals surface area contributed by atoms with Crippen LogP contribution in [0.5, 0.6) is 0 Å². The summed E-state index contributed by atoms with van der Waals surface area (Å²) in [5, 5.41) is 0. The number of aryl methyl sites for hydroxylation is 1. The summed E-state index contributed by atoms with van der Waals surface area (Å²) in [7, 11) is 0. The van der Waals surface area contributed by atoms with Gasteiger partial charge in [-0.25, -0.2) is 0 Å². The summed E-state index contributed by atoms with van der Waals surface area (Å²) >= 11 is 0. The Kier molecular flexibility index (Phi) is 4.05. The van der Waals surface area contributed by atoms with Crippen LogP contribution in [-0.4, -0.2) is 18.9 Å². The zero-order valence-corrected chi connectivity index (χ0v) is 11.8. The van der Waals surface area contributed by atoms with Crippen molar-refractivity contribution >= 4 is 11.5 Å². The first-order valence-corrected chi connectivity index (χ1v) is 7.03. The minimum absolute atomic E-state index is 0. The second kappa shape index (κ2) is 5.55. The number of piperidine rings is 1. The van der Waals surface area contributed by atoms with Gasteiger partial charge in [0.05, 0.1) is 0 Å². The maximum absolute atomic E-state index is 12.0. The molecule has 0 N–H and O–H groups in total. The van der Waals surface area contributed by atoms with Crippen LogP contribution < -0.4 is 4.90 Å². The van der Waals surface area contributed by atoms with E-state index in [9.17, 15) is 4.79 Å². The molecule has 0 aromatic heterocycles. The van der Waals surface area contributed by atoms with E-state index >= 15 is 0 Å². The maximum Gasteiger partial charge on any atom is 0.162 e. The van der Waals surface area contributed by atoms with Gasteiger partial charge in [-0.1, -0.05) is 19.1 Å². The first-order chi connectivity index (χ1) is 8.65. The molecule has 1 aromatic carbocycles. The van der Waals surface area contributed by atoms with Gasteiger partial charge in [0.15, 0.2) is 5.78 Å². The van der Waals surface area contributed by atoms with E-state index in [4.69, 9.17) is 0 Å².